The van der Waals surface area contributed by atoms with E-state index in [4.69, 9.17) is 4.74 Å². The monoisotopic (exact) mass is 502 g/mol. The van der Waals surface area contributed by atoms with Gasteiger partial charge in [0, 0.05) is 30.6 Å². The Morgan fingerprint density at radius 3 is 2.58 bits per heavy atom. The molecule has 2 aliphatic heterocycles. The first-order chi connectivity index (χ1) is 17.1. The molecule has 1 saturated heterocycles. The van der Waals surface area contributed by atoms with Gasteiger partial charge >= 0.3 is 12.0 Å². The summed E-state index contributed by atoms with van der Waals surface area (Å²) >= 11 is 0. The number of nitrogens with zero attached hydrogens (tertiary/aromatic N) is 1. The van der Waals surface area contributed by atoms with E-state index in [-0.39, 0.29) is 47.8 Å². The molecular weight excluding hydrogens is 460 g/mol. The van der Waals surface area contributed by atoms with Crippen molar-refractivity contribution in [1.29, 1.82) is 0 Å². The predicted octanol–water partition coefficient (Wildman–Crippen LogP) is 2.36. The number of ether oxygens (including phenoxy) is 1. The molecule has 6 rings (SSSR count). The van der Waals surface area contributed by atoms with Gasteiger partial charge in [0.1, 0.15) is 6.61 Å². The second-order valence-electron chi connectivity index (χ2n) is 13.2. The average molecular weight is 503 g/mol. The number of esters is 1. The zero-order valence-electron chi connectivity index (χ0n) is 21.6. The van der Waals surface area contributed by atoms with Crippen LogP contribution in [0.3, 0.4) is 0 Å². The van der Waals surface area contributed by atoms with Crippen LogP contribution in [0.2, 0.25) is 0 Å². The maximum absolute atomic E-state index is 12.7. The van der Waals surface area contributed by atoms with Crippen molar-refractivity contribution >= 4 is 12.0 Å². The van der Waals surface area contributed by atoms with E-state index in [9.17, 15) is 24.9 Å². The molecular formula is C28H42N2O6. The summed E-state index contributed by atoms with van der Waals surface area (Å²) in [6.45, 7) is 5.71. The lowest BCUT2D eigenvalue weighted by molar-refractivity contribution is -0.242. The molecule has 0 aromatic carbocycles. The maximum atomic E-state index is 12.7. The SMILES string of the molecule is C[C@@]12CC[C@@H](NC(=O)N3CC[C@@H](O)C3)C[C@H]1CC[C@@H]1[C@H]2C[C@@H](O)[C@@]2(C)[C@@H](C3=CC(=O)OC3)CC[C@@]12O. The van der Waals surface area contributed by atoms with Crippen LogP contribution in [0.4, 0.5) is 4.79 Å². The van der Waals surface area contributed by atoms with E-state index in [0.29, 0.717) is 38.3 Å². The van der Waals surface area contributed by atoms with E-state index in [1.165, 1.54) is 0 Å². The first kappa shape index (κ1) is 24.7. The van der Waals surface area contributed by atoms with E-state index in [0.717, 1.165) is 44.1 Å². The van der Waals surface area contributed by atoms with Crippen molar-refractivity contribution in [1.82, 2.24) is 10.2 Å². The molecule has 8 nitrogen and oxygen atoms in total. The minimum Gasteiger partial charge on any atom is -0.458 e. The van der Waals surface area contributed by atoms with Gasteiger partial charge in [0.15, 0.2) is 0 Å². The molecule has 10 atom stereocenters. The highest BCUT2D eigenvalue weighted by atomic mass is 16.5. The molecule has 4 N–H and O–H groups in total. The second kappa shape index (κ2) is 8.43. The first-order valence-corrected chi connectivity index (χ1v) is 14.1. The van der Waals surface area contributed by atoms with Crippen molar-refractivity contribution in [3.05, 3.63) is 11.6 Å². The zero-order chi connectivity index (χ0) is 25.5. The summed E-state index contributed by atoms with van der Waals surface area (Å²) in [5.41, 5.74) is -0.682. The number of urea groups is 1. The molecule has 200 valence electrons. The molecule has 2 heterocycles. The Hall–Kier alpha value is -1.64. The van der Waals surface area contributed by atoms with Crippen LogP contribution >= 0.6 is 0 Å². The summed E-state index contributed by atoms with van der Waals surface area (Å²) in [5.74, 6) is 0.468. The van der Waals surface area contributed by atoms with Crippen LogP contribution in [0.25, 0.3) is 0 Å². The lowest BCUT2D eigenvalue weighted by atomic mass is 9.42. The summed E-state index contributed by atoms with van der Waals surface area (Å²) < 4.78 is 5.20. The molecule has 0 spiro atoms. The molecule has 8 heteroatoms. The van der Waals surface area contributed by atoms with Crippen LogP contribution in [-0.2, 0) is 9.53 Å². The summed E-state index contributed by atoms with van der Waals surface area (Å²) in [5, 5.41) is 37.0. The molecule has 5 fully saturated rings. The molecule has 0 unspecified atom stereocenters. The van der Waals surface area contributed by atoms with Crippen molar-refractivity contribution in [2.75, 3.05) is 19.7 Å². The predicted molar refractivity (Wildman–Crippen MR) is 132 cm³/mol. The molecule has 36 heavy (non-hydrogen) atoms. The number of rotatable bonds is 2. The number of likely N-dealkylation sites (tertiary alicyclic amines) is 1. The van der Waals surface area contributed by atoms with Crippen LogP contribution < -0.4 is 5.32 Å². The maximum Gasteiger partial charge on any atom is 0.331 e. The minimum atomic E-state index is -0.956. The standard InChI is InChI=1S/C28H42N2O6/c1-26-8-5-18(29-25(34)30-10-7-19(31)14-30)12-17(26)3-4-21-22(26)13-23(32)27(2)20(6-9-28(21,27)35)16-11-24(33)36-15-16/h11,17-23,31-32,35H,3-10,12-15H2,1-2H3,(H,29,34)/t17-,18-,19-,20-,21-,22-,23-,26-,27-,28-/m1/s1. The lowest BCUT2D eigenvalue weighted by Crippen LogP contribution is -2.67. The Balaban J connectivity index is 1.19. The van der Waals surface area contributed by atoms with Crippen LogP contribution in [0.1, 0.15) is 71.6 Å². The molecule has 2 amide bonds. The van der Waals surface area contributed by atoms with Gasteiger partial charge in [0.25, 0.3) is 0 Å². The Morgan fingerprint density at radius 1 is 1.08 bits per heavy atom. The van der Waals surface area contributed by atoms with Crippen LogP contribution in [0.5, 0.6) is 0 Å². The van der Waals surface area contributed by atoms with Gasteiger partial charge in [0.05, 0.1) is 17.8 Å². The number of nitrogens with one attached hydrogen (secondary N) is 1. The van der Waals surface area contributed by atoms with E-state index < -0.39 is 23.2 Å². The lowest BCUT2D eigenvalue weighted by Gasteiger charge is -2.65. The first-order valence-electron chi connectivity index (χ1n) is 14.1. The summed E-state index contributed by atoms with van der Waals surface area (Å²) in [7, 11) is 0. The fourth-order valence-corrected chi connectivity index (χ4v) is 9.71. The van der Waals surface area contributed by atoms with Gasteiger partial charge < -0.3 is 30.3 Å². The fourth-order valence-electron chi connectivity index (χ4n) is 9.71. The number of carbonyl (C=O) groups excluding carboxylic acids is 2. The molecule has 0 aromatic heterocycles. The number of aliphatic hydroxyl groups is 3. The highest BCUT2D eigenvalue weighted by Gasteiger charge is 2.70. The van der Waals surface area contributed by atoms with Crippen molar-refractivity contribution in [3.63, 3.8) is 0 Å². The minimum absolute atomic E-state index is 0.0236. The number of hydrogen-bond donors (Lipinski definition) is 4. The molecule has 6 aliphatic rings. The van der Waals surface area contributed by atoms with Crippen LogP contribution in [0, 0.1) is 34.5 Å². The zero-order valence-corrected chi connectivity index (χ0v) is 21.6. The third kappa shape index (κ3) is 3.43. The van der Waals surface area contributed by atoms with Crippen molar-refractivity contribution in [2.24, 2.45) is 34.5 Å². The Labute approximate surface area is 213 Å². The van der Waals surface area contributed by atoms with Gasteiger partial charge in [-0.1, -0.05) is 13.8 Å². The third-order valence-electron chi connectivity index (χ3n) is 11.9. The van der Waals surface area contributed by atoms with Crippen LogP contribution in [-0.4, -0.2) is 75.8 Å². The molecule has 4 aliphatic carbocycles. The van der Waals surface area contributed by atoms with E-state index >= 15 is 0 Å². The van der Waals surface area contributed by atoms with Gasteiger partial charge in [-0.15, -0.1) is 0 Å². The third-order valence-corrected chi connectivity index (χ3v) is 11.9. The largest absolute Gasteiger partial charge is 0.458 e. The van der Waals surface area contributed by atoms with E-state index in [2.05, 4.69) is 12.2 Å². The highest BCUT2D eigenvalue weighted by molar-refractivity contribution is 5.85. The summed E-state index contributed by atoms with van der Waals surface area (Å²) in [4.78, 5) is 26.2. The van der Waals surface area contributed by atoms with Crippen molar-refractivity contribution in [2.45, 2.75) is 95.5 Å². The van der Waals surface area contributed by atoms with E-state index in [1.54, 1.807) is 11.0 Å². The normalized spacial score (nSPS) is 50.1. The number of hydrogen-bond acceptors (Lipinski definition) is 6. The van der Waals surface area contributed by atoms with E-state index in [1.807, 2.05) is 6.92 Å². The molecule has 4 saturated carbocycles. The molecule has 0 aromatic rings. The molecule has 0 radical (unpaired) electrons. The average Bonchev–Trinajstić information content (AvgIpc) is 3.53. The number of amides is 2. The number of carbonyl (C=O) groups is 2. The van der Waals surface area contributed by atoms with Gasteiger partial charge in [-0.3, -0.25) is 0 Å². The van der Waals surface area contributed by atoms with Gasteiger partial charge in [0.2, 0.25) is 0 Å². The molecule has 0 bridgehead atoms. The van der Waals surface area contributed by atoms with Gasteiger partial charge in [-0.05, 0) is 92.4 Å². The number of cyclic esters (lactones) is 1. The summed E-state index contributed by atoms with van der Waals surface area (Å²) in [6, 6.07) is 0.0714. The van der Waals surface area contributed by atoms with Crippen LogP contribution in [0.15, 0.2) is 11.6 Å². The Morgan fingerprint density at radius 2 is 1.89 bits per heavy atom. The Bertz CT molecular complexity index is 970. The smallest absolute Gasteiger partial charge is 0.331 e. The van der Waals surface area contributed by atoms with Crippen molar-refractivity contribution < 1.29 is 29.6 Å². The topological polar surface area (TPSA) is 119 Å². The number of aliphatic hydroxyl groups excluding tert-OH is 2. The second-order valence-corrected chi connectivity index (χ2v) is 13.2. The van der Waals surface area contributed by atoms with Crippen molar-refractivity contribution in [3.8, 4) is 0 Å². The van der Waals surface area contributed by atoms with Gasteiger partial charge in [-0.25, -0.2) is 9.59 Å². The fraction of sp³-hybridized carbons (Fsp3) is 0.857. The number of β-amino-alcohol motifs (C(OH)–C–C–N with tert-alkyl or cyclic N) is 1. The Kier molecular flexibility index (Phi) is 5.78. The van der Waals surface area contributed by atoms with Gasteiger partial charge in [-0.2, -0.15) is 0 Å². The summed E-state index contributed by atoms with van der Waals surface area (Å²) in [6.07, 6.45) is 8.05. The quantitative estimate of drug-likeness (QED) is 0.431. The highest BCUT2D eigenvalue weighted by Crippen LogP contribution is 2.69. The number of fused-ring (bicyclic) bond motifs is 5.